The first-order chi connectivity index (χ1) is 7.33. The molecule has 0 aliphatic rings. The van der Waals surface area contributed by atoms with Gasteiger partial charge in [0.05, 0.1) is 0 Å². The number of carbonyl (C=O) groups is 1. The Balaban J connectivity index is 2.95. The van der Waals surface area contributed by atoms with E-state index in [-0.39, 0.29) is 4.90 Å². The summed E-state index contributed by atoms with van der Waals surface area (Å²) in [5.41, 5.74) is 6.12. The summed E-state index contributed by atoms with van der Waals surface area (Å²) >= 11 is 0. The second kappa shape index (κ2) is 4.63. The highest BCUT2D eigenvalue weighted by Gasteiger charge is 2.21. The minimum Gasteiger partial charge on any atom is -0.341 e. The quantitative estimate of drug-likeness (QED) is 0.784. The Kier molecular flexibility index (Phi) is 3.66. The third-order valence-corrected chi connectivity index (χ3v) is 3.11. The molecule has 0 saturated heterocycles. The van der Waals surface area contributed by atoms with Gasteiger partial charge in [0.1, 0.15) is 10.9 Å². The lowest BCUT2D eigenvalue weighted by Crippen LogP contribution is -2.30. The van der Waals surface area contributed by atoms with Crippen LogP contribution in [-0.2, 0) is 19.1 Å². The first-order valence-corrected chi connectivity index (χ1v) is 6.04. The number of benzene rings is 1. The summed E-state index contributed by atoms with van der Waals surface area (Å²) in [6.45, 7) is 3.18. The van der Waals surface area contributed by atoms with Crippen LogP contribution in [0.2, 0.25) is 0 Å². The van der Waals surface area contributed by atoms with Crippen molar-refractivity contribution in [3.63, 3.8) is 0 Å². The second-order valence-electron chi connectivity index (χ2n) is 3.46. The fourth-order valence-corrected chi connectivity index (χ4v) is 1.87. The van der Waals surface area contributed by atoms with Crippen molar-refractivity contribution in [1.82, 2.24) is 0 Å². The molecule has 0 amide bonds. The highest BCUT2D eigenvalue weighted by Crippen LogP contribution is 2.13. The number of aryl methyl sites for hydroxylation is 1. The Labute approximate surface area is 94.3 Å². The summed E-state index contributed by atoms with van der Waals surface area (Å²) in [5.74, 6) is -0.972. The minimum atomic E-state index is -4.05. The molecule has 0 radical (unpaired) electrons. The maximum atomic E-state index is 11.6. The maximum absolute atomic E-state index is 11.6. The summed E-state index contributed by atoms with van der Waals surface area (Å²) in [4.78, 5) is 11.0. The molecule has 0 aromatic heterocycles. The molecule has 0 unspecified atom stereocenters. The van der Waals surface area contributed by atoms with E-state index in [4.69, 9.17) is 5.73 Å². The maximum Gasteiger partial charge on any atom is 0.341 e. The van der Waals surface area contributed by atoms with Crippen molar-refractivity contribution in [2.75, 3.05) is 0 Å². The van der Waals surface area contributed by atoms with Gasteiger partial charge in [-0.3, -0.25) is 0 Å². The van der Waals surface area contributed by atoms with Crippen molar-refractivity contribution >= 4 is 16.1 Å². The molecule has 0 bridgehead atoms. The highest BCUT2D eigenvalue weighted by molar-refractivity contribution is 7.87. The second-order valence-corrected chi connectivity index (χ2v) is 5.00. The van der Waals surface area contributed by atoms with E-state index in [2.05, 4.69) is 4.18 Å². The molecule has 1 aromatic carbocycles. The SMILES string of the molecule is Cc1ccc(S(=O)(=O)OC(=O)[C@@H](C)N)cc1. The van der Waals surface area contributed by atoms with Crippen LogP contribution in [0.25, 0.3) is 0 Å². The van der Waals surface area contributed by atoms with Gasteiger partial charge in [0.15, 0.2) is 0 Å². The van der Waals surface area contributed by atoms with Gasteiger partial charge in [-0.05, 0) is 26.0 Å². The Morgan fingerprint density at radius 2 is 1.81 bits per heavy atom. The van der Waals surface area contributed by atoms with Crippen LogP contribution in [0.15, 0.2) is 29.2 Å². The van der Waals surface area contributed by atoms with E-state index in [1.807, 2.05) is 6.92 Å². The molecule has 88 valence electrons. The predicted molar refractivity (Wildman–Crippen MR) is 58.1 cm³/mol. The molecule has 0 fully saturated rings. The molecule has 0 saturated carbocycles. The Hall–Kier alpha value is -1.40. The molecule has 5 nitrogen and oxygen atoms in total. The Bertz CT molecular complexity index is 476. The van der Waals surface area contributed by atoms with Crippen molar-refractivity contribution in [1.29, 1.82) is 0 Å². The third-order valence-electron chi connectivity index (χ3n) is 1.87. The van der Waals surface area contributed by atoms with Gasteiger partial charge in [-0.25, -0.2) is 4.79 Å². The molecule has 1 aromatic rings. The van der Waals surface area contributed by atoms with Crippen molar-refractivity contribution < 1.29 is 17.4 Å². The smallest absolute Gasteiger partial charge is 0.341 e. The van der Waals surface area contributed by atoms with E-state index in [9.17, 15) is 13.2 Å². The van der Waals surface area contributed by atoms with Crippen molar-refractivity contribution in [3.8, 4) is 0 Å². The summed E-state index contributed by atoms with van der Waals surface area (Å²) in [7, 11) is -4.05. The normalized spacial score (nSPS) is 13.2. The van der Waals surface area contributed by atoms with Crippen LogP contribution in [0, 0.1) is 6.92 Å². The van der Waals surface area contributed by atoms with Gasteiger partial charge in [0, 0.05) is 0 Å². The van der Waals surface area contributed by atoms with Crippen molar-refractivity contribution in [3.05, 3.63) is 29.8 Å². The fraction of sp³-hybridized carbons (Fsp3) is 0.300. The summed E-state index contributed by atoms with van der Waals surface area (Å²) in [6.07, 6.45) is 0. The molecule has 6 heteroatoms. The van der Waals surface area contributed by atoms with Gasteiger partial charge in [-0.1, -0.05) is 17.7 Å². The lowest BCUT2D eigenvalue weighted by Gasteiger charge is -2.07. The van der Waals surface area contributed by atoms with Crippen LogP contribution >= 0.6 is 0 Å². The number of carbonyl (C=O) groups excluding carboxylic acids is 1. The minimum absolute atomic E-state index is 0.0629. The Morgan fingerprint density at radius 3 is 2.25 bits per heavy atom. The Morgan fingerprint density at radius 1 is 1.31 bits per heavy atom. The van der Waals surface area contributed by atoms with E-state index < -0.39 is 22.1 Å². The zero-order valence-electron chi connectivity index (χ0n) is 9.01. The van der Waals surface area contributed by atoms with E-state index >= 15 is 0 Å². The zero-order valence-corrected chi connectivity index (χ0v) is 9.82. The monoisotopic (exact) mass is 243 g/mol. The van der Waals surface area contributed by atoms with Crippen LogP contribution in [-0.4, -0.2) is 20.4 Å². The van der Waals surface area contributed by atoms with Gasteiger partial charge >= 0.3 is 16.1 Å². The van der Waals surface area contributed by atoms with Crippen molar-refractivity contribution in [2.45, 2.75) is 24.8 Å². The molecule has 0 aliphatic carbocycles. The molecule has 1 atom stereocenters. The number of nitrogens with two attached hydrogens (primary N) is 1. The van der Waals surface area contributed by atoms with E-state index in [1.165, 1.54) is 19.1 Å². The summed E-state index contributed by atoms with van der Waals surface area (Å²) in [5, 5.41) is 0. The van der Waals surface area contributed by atoms with Gasteiger partial charge in [-0.2, -0.15) is 8.42 Å². The first-order valence-electron chi connectivity index (χ1n) is 4.63. The van der Waals surface area contributed by atoms with E-state index in [1.54, 1.807) is 12.1 Å². The topological polar surface area (TPSA) is 86.5 Å². The third kappa shape index (κ3) is 3.04. The summed E-state index contributed by atoms with van der Waals surface area (Å²) in [6, 6.07) is 5.01. The van der Waals surface area contributed by atoms with Crippen LogP contribution in [0.3, 0.4) is 0 Å². The molecular formula is C10H13NO4S. The average Bonchev–Trinajstić information content (AvgIpc) is 2.17. The fourth-order valence-electron chi connectivity index (χ4n) is 0.937. The van der Waals surface area contributed by atoms with Crippen LogP contribution < -0.4 is 5.73 Å². The summed E-state index contributed by atoms with van der Waals surface area (Å²) < 4.78 is 27.5. The van der Waals surface area contributed by atoms with Crippen molar-refractivity contribution in [2.24, 2.45) is 5.73 Å². The lowest BCUT2D eigenvalue weighted by atomic mass is 10.2. The van der Waals surface area contributed by atoms with Gasteiger partial charge in [0.25, 0.3) is 0 Å². The van der Waals surface area contributed by atoms with Crippen LogP contribution in [0.4, 0.5) is 0 Å². The van der Waals surface area contributed by atoms with Crippen LogP contribution in [0.1, 0.15) is 12.5 Å². The standard InChI is InChI=1S/C10H13NO4S/c1-7-3-5-9(6-4-7)16(13,14)15-10(12)8(2)11/h3-6,8H,11H2,1-2H3/t8-/m1/s1. The number of rotatable bonds is 3. The molecule has 0 aliphatic heterocycles. The zero-order chi connectivity index (χ0) is 12.3. The van der Waals surface area contributed by atoms with Crippen LogP contribution in [0.5, 0.6) is 0 Å². The lowest BCUT2D eigenvalue weighted by molar-refractivity contribution is -0.134. The molecule has 1 rings (SSSR count). The van der Waals surface area contributed by atoms with Gasteiger partial charge in [0.2, 0.25) is 0 Å². The molecule has 16 heavy (non-hydrogen) atoms. The van der Waals surface area contributed by atoms with Gasteiger partial charge < -0.3 is 9.92 Å². The first kappa shape index (κ1) is 12.7. The highest BCUT2D eigenvalue weighted by atomic mass is 32.2. The molecular weight excluding hydrogens is 230 g/mol. The number of hydrogen-bond acceptors (Lipinski definition) is 5. The largest absolute Gasteiger partial charge is 0.341 e. The van der Waals surface area contributed by atoms with Gasteiger partial charge in [-0.15, -0.1) is 0 Å². The van der Waals surface area contributed by atoms with E-state index in [0.717, 1.165) is 5.56 Å². The van der Waals surface area contributed by atoms with E-state index in [0.29, 0.717) is 0 Å². The number of hydrogen-bond donors (Lipinski definition) is 1. The molecule has 0 heterocycles. The molecule has 0 spiro atoms. The average molecular weight is 243 g/mol. The molecule has 2 N–H and O–H groups in total. The predicted octanol–water partition coefficient (Wildman–Crippen LogP) is 0.574.